The van der Waals surface area contributed by atoms with Crippen molar-refractivity contribution in [2.45, 2.75) is 19.8 Å². The fourth-order valence-electron chi connectivity index (χ4n) is 1.99. The smallest absolute Gasteiger partial charge is 0.127 e. The summed E-state index contributed by atoms with van der Waals surface area (Å²) in [6, 6.07) is 17.8. The highest BCUT2D eigenvalue weighted by molar-refractivity contribution is 5.33. The normalized spacial score (nSPS) is 12.1. The van der Waals surface area contributed by atoms with Gasteiger partial charge in [-0.15, -0.1) is 0 Å². The molecule has 100 valence electrons. The second-order valence-electron chi connectivity index (χ2n) is 4.72. The molecule has 0 heterocycles. The average Bonchev–Trinajstić information content (AvgIpc) is 2.47. The third-order valence-electron chi connectivity index (χ3n) is 3.26. The van der Waals surface area contributed by atoms with E-state index in [9.17, 15) is 5.11 Å². The first kappa shape index (κ1) is 13.6. The van der Waals surface area contributed by atoms with Crippen molar-refractivity contribution in [1.29, 1.82) is 0 Å². The van der Waals surface area contributed by atoms with Gasteiger partial charge in [-0.1, -0.05) is 43.7 Å². The lowest BCUT2D eigenvalue weighted by molar-refractivity contribution is 0.222. The van der Waals surface area contributed by atoms with Crippen LogP contribution in [0.15, 0.2) is 54.6 Å². The topological polar surface area (TPSA) is 29.5 Å². The number of rotatable bonds is 6. The Morgan fingerprint density at radius 3 is 2.16 bits per heavy atom. The molecule has 0 saturated heterocycles. The maximum absolute atomic E-state index is 9.21. The Kier molecular flexibility index (Phi) is 4.99. The van der Waals surface area contributed by atoms with Gasteiger partial charge in [-0.05, 0) is 42.2 Å². The minimum Gasteiger partial charge on any atom is -0.457 e. The van der Waals surface area contributed by atoms with Crippen molar-refractivity contribution in [2.75, 3.05) is 6.61 Å². The molecule has 0 spiro atoms. The van der Waals surface area contributed by atoms with Crippen LogP contribution in [0.1, 0.15) is 18.9 Å². The lowest BCUT2D eigenvalue weighted by atomic mass is 9.98. The Balaban J connectivity index is 1.98. The molecule has 0 aliphatic carbocycles. The van der Waals surface area contributed by atoms with E-state index in [0.29, 0.717) is 5.92 Å². The highest BCUT2D eigenvalue weighted by Gasteiger charge is 2.06. The van der Waals surface area contributed by atoms with E-state index in [0.717, 1.165) is 24.3 Å². The second kappa shape index (κ2) is 6.95. The van der Waals surface area contributed by atoms with E-state index in [2.05, 4.69) is 19.1 Å². The molecule has 0 radical (unpaired) electrons. The van der Waals surface area contributed by atoms with Crippen molar-refractivity contribution < 1.29 is 9.84 Å². The highest BCUT2D eigenvalue weighted by Crippen LogP contribution is 2.22. The van der Waals surface area contributed by atoms with E-state index in [1.54, 1.807) is 0 Å². The van der Waals surface area contributed by atoms with Gasteiger partial charge in [0, 0.05) is 6.61 Å². The van der Waals surface area contributed by atoms with Crippen LogP contribution in [0.25, 0.3) is 0 Å². The highest BCUT2D eigenvalue weighted by atomic mass is 16.5. The molecule has 0 aliphatic rings. The van der Waals surface area contributed by atoms with Crippen LogP contribution in [0.3, 0.4) is 0 Å². The molecule has 0 aromatic heterocycles. The number of hydrogen-bond donors (Lipinski definition) is 1. The molecule has 1 atom stereocenters. The Hall–Kier alpha value is -1.80. The maximum Gasteiger partial charge on any atom is 0.127 e. The monoisotopic (exact) mass is 256 g/mol. The van der Waals surface area contributed by atoms with Crippen molar-refractivity contribution in [3.05, 3.63) is 60.2 Å². The zero-order valence-electron chi connectivity index (χ0n) is 11.3. The summed E-state index contributed by atoms with van der Waals surface area (Å²) < 4.78 is 5.74. The van der Waals surface area contributed by atoms with Crippen molar-refractivity contribution in [3.63, 3.8) is 0 Å². The van der Waals surface area contributed by atoms with Gasteiger partial charge in [0.1, 0.15) is 11.5 Å². The molecule has 0 fully saturated rings. The lowest BCUT2D eigenvalue weighted by Crippen LogP contribution is -2.07. The van der Waals surface area contributed by atoms with Crippen molar-refractivity contribution in [1.82, 2.24) is 0 Å². The molecule has 2 heteroatoms. The second-order valence-corrected chi connectivity index (χ2v) is 4.72. The molecule has 0 bridgehead atoms. The number of hydrogen-bond acceptors (Lipinski definition) is 2. The standard InChI is InChI=1S/C17H20O2/c1-2-14(13-18)12-15-8-10-17(11-9-15)19-16-6-4-3-5-7-16/h3-11,14,18H,2,12-13H2,1H3. The van der Waals surface area contributed by atoms with Gasteiger partial charge >= 0.3 is 0 Å². The van der Waals surface area contributed by atoms with Crippen molar-refractivity contribution in [2.24, 2.45) is 5.92 Å². The number of aliphatic hydroxyl groups excluding tert-OH is 1. The van der Waals surface area contributed by atoms with E-state index in [1.165, 1.54) is 5.56 Å². The van der Waals surface area contributed by atoms with Crippen molar-refractivity contribution >= 4 is 0 Å². The zero-order chi connectivity index (χ0) is 13.5. The number of para-hydroxylation sites is 1. The minimum atomic E-state index is 0.249. The largest absolute Gasteiger partial charge is 0.457 e. The fraction of sp³-hybridized carbons (Fsp3) is 0.294. The molecular formula is C17H20O2. The summed E-state index contributed by atoms with van der Waals surface area (Å²) in [5, 5.41) is 9.21. The van der Waals surface area contributed by atoms with Gasteiger partial charge in [0.15, 0.2) is 0 Å². The first-order chi connectivity index (χ1) is 9.31. The molecule has 2 aromatic carbocycles. The first-order valence-electron chi connectivity index (χ1n) is 6.74. The maximum atomic E-state index is 9.21. The van der Waals surface area contributed by atoms with Crippen LogP contribution in [0.4, 0.5) is 0 Å². The van der Waals surface area contributed by atoms with E-state index < -0.39 is 0 Å². The number of aliphatic hydroxyl groups is 1. The molecule has 2 rings (SSSR count). The van der Waals surface area contributed by atoms with Gasteiger partial charge in [0.05, 0.1) is 0 Å². The third kappa shape index (κ3) is 4.11. The van der Waals surface area contributed by atoms with E-state index >= 15 is 0 Å². The Morgan fingerprint density at radius 2 is 1.58 bits per heavy atom. The summed E-state index contributed by atoms with van der Waals surface area (Å²) in [7, 11) is 0. The summed E-state index contributed by atoms with van der Waals surface area (Å²) in [4.78, 5) is 0. The molecule has 1 unspecified atom stereocenters. The summed E-state index contributed by atoms with van der Waals surface area (Å²) in [5.41, 5.74) is 1.24. The van der Waals surface area contributed by atoms with Crippen LogP contribution >= 0.6 is 0 Å². The average molecular weight is 256 g/mol. The van der Waals surface area contributed by atoms with Crippen LogP contribution in [-0.2, 0) is 6.42 Å². The molecule has 1 N–H and O–H groups in total. The number of ether oxygens (including phenoxy) is 1. The Labute approximate surface area is 114 Å². The summed E-state index contributed by atoms with van der Waals surface area (Å²) in [6.45, 7) is 2.35. The van der Waals surface area contributed by atoms with Crippen LogP contribution in [0, 0.1) is 5.92 Å². The molecule has 0 amide bonds. The van der Waals surface area contributed by atoms with Gasteiger partial charge in [0.25, 0.3) is 0 Å². The molecule has 2 nitrogen and oxygen atoms in total. The Morgan fingerprint density at radius 1 is 0.947 bits per heavy atom. The van der Waals surface area contributed by atoms with Gasteiger partial charge in [-0.2, -0.15) is 0 Å². The van der Waals surface area contributed by atoms with E-state index in [4.69, 9.17) is 4.74 Å². The zero-order valence-corrected chi connectivity index (χ0v) is 11.3. The lowest BCUT2D eigenvalue weighted by Gasteiger charge is -2.12. The number of benzene rings is 2. The van der Waals surface area contributed by atoms with Gasteiger partial charge in [-0.25, -0.2) is 0 Å². The minimum absolute atomic E-state index is 0.249. The third-order valence-corrected chi connectivity index (χ3v) is 3.26. The predicted molar refractivity (Wildman–Crippen MR) is 77.5 cm³/mol. The van der Waals surface area contributed by atoms with Gasteiger partial charge in [-0.3, -0.25) is 0 Å². The fourth-order valence-corrected chi connectivity index (χ4v) is 1.99. The van der Waals surface area contributed by atoms with Crippen LogP contribution in [0.5, 0.6) is 11.5 Å². The predicted octanol–water partition coefficient (Wildman–Crippen LogP) is 4.04. The molecule has 19 heavy (non-hydrogen) atoms. The van der Waals surface area contributed by atoms with E-state index in [-0.39, 0.29) is 6.61 Å². The first-order valence-corrected chi connectivity index (χ1v) is 6.74. The molecule has 0 aliphatic heterocycles. The molecule has 2 aromatic rings. The molecular weight excluding hydrogens is 236 g/mol. The van der Waals surface area contributed by atoms with E-state index in [1.807, 2.05) is 42.5 Å². The van der Waals surface area contributed by atoms with Crippen LogP contribution in [0.2, 0.25) is 0 Å². The van der Waals surface area contributed by atoms with Crippen molar-refractivity contribution in [3.8, 4) is 11.5 Å². The quantitative estimate of drug-likeness (QED) is 0.845. The molecule has 0 saturated carbocycles. The van der Waals surface area contributed by atoms with Gasteiger partial charge < -0.3 is 9.84 Å². The summed E-state index contributed by atoms with van der Waals surface area (Å²) in [5.74, 6) is 2.03. The Bertz CT molecular complexity index is 472. The van der Waals surface area contributed by atoms with Crippen LogP contribution in [-0.4, -0.2) is 11.7 Å². The summed E-state index contributed by atoms with van der Waals surface area (Å²) >= 11 is 0. The van der Waals surface area contributed by atoms with Crippen LogP contribution < -0.4 is 4.74 Å². The van der Waals surface area contributed by atoms with Gasteiger partial charge in [0.2, 0.25) is 0 Å². The SMILES string of the molecule is CCC(CO)Cc1ccc(Oc2ccccc2)cc1. The summed E-state index contributed by atoms with van der Waals surface area (Å²) in [6.07, 6.45) is 1.91.